The highest BCUT2D eigenvalue weighted by Crippen LogP contribution is 2.32. The van der Waals surface area contributed by atoms with Gasteiger partial charge in [-0.15, -0.1) is 0 Å². The van der Waals surface area contributed by atoms with Gasteiger partial charge in [0.2, 0.25) is 5.82 Å². The average molecular weight is 275 g/mol. The summed E-state index contributed by atoms with van der Waals surface area (Å²) in [6.07, 6.45) is 2.81. The number of hydrogen-bond acceptors (Lipinski definition) is 7. The highest BCUT2D eigenvalue weighted by molar-refractivity contribution is 5.66. The zero-order chi connectivity index (χ0) is 14.5. The number of hydrogen-bond donors (Lipinski definition) is 1. The summed E-state index contributed by atoms with van der Waals surface area (Å²) in [5, 5.41) is 14.0. The molecule has 0 saturated heterocycles. The molecule has 0 bridgehead atoms. The number of pyridine rings is 1. The molecule has 20 heavy (non-hydrogen) atoms. The van der Waals surface area contributed by atoms with Crippen LogP contribution in [0.3, 0.4) is 0 Å². The average Bonchev–Trinajstić information content (AvgIpc) is 2.39. The Morgan fingerprint density at radius 2 is 2.20 bits per heavy atom. The summed E-state index contributed by atoms with van der Waals surface area (Å²) >= 11 is 0. The molecule has 1 N–H and O–H groups in total. The second-order valence-electron chi connectivity index (χ2n) is 3.91. The van der Waals surface area contributed by atoms with Crippen LogP contribution >= 0.6 is 0 Å². The van der Waals surface area contributed by atoms with E-state index < -0.39 is 4.92 Å². The first-order valence-electron chi connectivity index (χ1n) is 5.93. The lowest BCUT2D eigenvalue weighted by Crippen LogP contribution is -2.06. The summed E-state index contributed by atoms with van der Waals surface area (Å²) in [6, 6.07) is 3.58. The van der Waals surface area contributed by atoms with Crippen molar-refractivity contribution in [3.63, 3.8) is 0 Å². The van der Waals surface area contributed by atoms with Crippen molar-refractivity contribution in [1.29, 1.82) is 0 Å². The number of anilines is 2. The maximum Gasteiger partial charge on any atom is 0.373 e. The summed E-state index contributed by atoms with van der Waals surface area (Å²) in [4.78, 5) is 22.3. The molecular formula is C12H13N5O3. The van der Waals surface area contributed by atoms with Crippen molar-refractivity contribution in [2.24, 2.45) is 0 Å². The van der Waals surface area contributed by atoms with Gasteiger partial charge < -0.3 is 10.1 Å². The third kappa shape index (κ3) is 2.97. The van der Waals surface area contributed by atoms with E-state index in [1.807, 2.05) is 13.0 Å². The fraction of sp³-hybridized carbons (Fsp3) is 0.250. The number of nitro groups is 1. The quantitative estimate of drug-likeness (QED) is 0.659. The fourth-order valence-electron chi connectivity index (χ4n) is 1.59. The summed E-state index contributed by atoms with van der Waals surface area (Å²) in [7, 11) is 0. The van der Waals surface area contributed by atoms with Gasteiger partial charge in [-0.2, -0.15) is 4.98 Å². The van der Waals surface area contributed by atoms with Crippen LogP contribution in [0.1, 0.15) is 12.5 Å². The Bertz CT molecular complexity index is 632. The van der Waals surface area contributed by atoms with Crippen LogP contribution in [0.4, 0.5) is 17.3 Å². The van der Waals surface area contributed by atoms with Gasteiger partial charge in [0.25, 0.3) is 5.88 Å². The van der Waals surface area contributed by atoms with Crippen LogP contribution in [0.5, 0.6) is 5.88 Å². The van der Waals surface area contributed by atoms with Gasteiger partial charge in [0.15, 0.2) is 0 Å². The Hall–Kier alpha value is -2.77. The summed E-state index contributed by atoms with van der Waals surface area (Å²) in [5.41, 5.74) is 0.668. The van der Waals surface area contributed by atoms with Crippen LogP contribution in [-0.4, -0.2) is 26.5 Å². The first-order valence-corrected chi connectivity index (χ1v) is 5.93. The Balaban J connectivity index is 2.40. The monoisotopic (exact) mass is 275 g/mol. The lowest BCUT2D eigenvalue weighted by Gasteiger charge is -2.08. The number of ether oxygens (including phenoxy) is 1. The minimum absolute atomic E-state index is 0.0477. The van der Waals surface area contributed by atoms with Crippen molar-refractivity contribution < 1.29 is 9.66 Å². The van der Waals surface area contributed by atoms with Gasteiger partial charge in [-0.1, -0.05) is 0 Å². The molecule has 0 saturated carbocycles. The summed E-state index contributed by atoms with van der Waals surface area (Å²) < 4.78 is 5.15. The molecule has 8 nitrogen and oxygen atoms in total. The molecule has 0 radical (unpaired) electrons. The summed E-state index contributed by atoms with van der Waals surface area (Å²) in [5.74, 6) is 0.448. The standard InChI is InChI=1S/C12H13N5O3/c1-3-20-12-10(17(18)19)11(14-7-15-12)16-9-6-8(2)4-5-13-9/h4-7H,3H2,1-2H3,(H,13,14,15,16). The molecule has 0 aliphatic carbocycles. The SMILES string of the molecule is CCOc1ncnc(Nc2cc(C)ccn2)c1[N+](=O)[O-]. The van der Waals surface area contributed by atoms with E-state index in [4.69, 9.17) is 4.74 Å². The van der Waals surface area contributed by atoms with E-state index in [0.717, 1.165) is 5.56 Å². The largest absolute Gasteiger partial charge is 0.473 e. The maximum absolute atomic E-state index is 11.2. The van der Waals surface area contributed by atoms with Crippen molar-refractivity contribution in [2.45, 2.75) is 13.8 Å². The van der Waals surface area contributed by atoms with E-state index in [-0.39, 0.29) is 24.0 Å². The van der Waals surface area contributed by atoms with Crippen LogP contribution in [0.25, 0.3) is 0 Å². The molecule has 0 aromatic carbocycles. The van der Waals surface area contributed by atoms with Gasteiger partial charge in [0, 0.05) is 6.20 Å². The number of rotatable bonds is 5. The van der Waals surface area contributed by atoms with Gasteiger partial charge in [0.1, 0.15) is 12.1 Å². The third-order valence-electron chi connectivity index (χ3n) is 2.41. The Kier molecular flexibility index (Phi) is 4.04. The molecule has 0 unspecified atom stereocenters. The molecule has 0 fully saturated rings. The zero-order valence-corrected chi connectivity index (χ0v) is 11.0. The predicted octanol–water partition coefficient (Wildman–Crippen LogP) is 2.23. The van der Waals surface area contributed by atoms with Crippen LogP contribution in [-0.2, 0) is 0 Å². The second-order valence-corrected chi connectivity index (χ2v) is 3.91. The number of nitrogens with zero attached hydrogens (tertiary/aromatic N) is 4. The molecule has 104 valence electrons. The molecule has 2 aromatic heterocycles. The first kappa shape index (κ1) is 13.7. The lowest BCUT2D eigenvalue weighted by atomic mass is 10.3. The minimum atomic E-state index is -0.580. The smallest absolute Gasteiger partial charge is 0.373 e. The lowest BCUT2D eigenvalue weighted by molar-refractivity contribution is -0.385. The van der Waals surface area contributed by atoms with E-state index >= 15 is 0 Å². The Labute approximate surface area is 115 Å². The molecule has 2 aromatic rings. The van der Waals surface area contributed by atoms with Crippen molar-refractivity contribution in [1.82, 2.24) is 15.0 Å². The van der Waals surface area contributed by atoms with E-state index in [9.17, 15) is 10.1 Å². The van der Waals surface area contributed by atoms with Gasteiger partial charge in [-0.3, -0.25) is 10.1 Å². The second kappa shape index (κ2) is 5.91. The molecular weight excluding hydrogens is 262 g/mol. The van der Waals surface area contributed by atoms with E-state index in [1.54, 1.807) is 19.2 Å². The predicted molar refractivity (Wildman–Crippen MR) is 72.1 cm³/mol. The van der Waals surface area contributed by atoms with Gasteiger partial charge in [-0.25, -0.2) is 9.97 Å². The highest BCUT2D eigenvalue weighted by Gasteiger charge is 2.24. The van der Waals surface area contributed by atoms with Crippen LogP contribution in [0, 0.1) is 17.0 Å². The number of aromatic nitrogens is 3. The first-order chi connectivity index (χ1) is 9.61. The molecule has 0 spiro atoms. The third-order valence-corrected chi connectivity index (χ3v) is 2.41. The fourth-order valence-corrected chi connectivity index (χ4v) is 1.59. The van der Waals surface area contributed by atoms with Crippen LogP contribution < -0.4 is 10.1 Å². The summed E-state index contributed by atoms with van der Waals surface area (Å²) in [6.45, 7) is 3.90. The van der Waals surface area contributed by atoms with Crippen LogP contribution in [0.2, 0.25) is 0 Å². The van der Waals surface area contributed by atoms with Crippen molar-refractivity contribution in [2.75, 3.05) is 11.9 Å². The molecule has 0 aliphatic heterocycles. The van der Waals surface area contributed by atoms with E-state index in [0.29, 0.717) is 5.82 Å². The normalized spacial score (nSPS) is 10.1. The van der Waals surface area contributed by atoms with E-state index in [2.05, 4.69) is 20.3 Å². The molecule has 0 amide bonds. The molecule has 2 rings (SSSR count). The van der Waals surface area contributed by atoms with Gasteiger partial charge in [-0.05, 0) is 31.5 Å². The van der Waals surface area contributed by atoms with Crippen molar-refractivity contribution >= 4 is 17.3 Å². The molecule has 0 atom stereocenters. The highest BCUT2D eigenvalue weighted by atomic mass is 16.6. The number of aryl methyl sites for hydroxylation is 1. The Morgan fingerprint density at radius 1 is 1.40 bits per heavy atom. The van der Waals surface area contributed by atoms with Crippen molar-refractivity contribution in [3.8, 4) is 5.88 Å². The van der Waals surface area contributed by atoms with Crippen LogP contribution in [0.15, 0.2) is 24.7 Å². The van der Waals surface area contributed by atoms with Crippen molar-refractivity contribution in [3.05, 3.63) is 40.3 Å². The molecule has 0 aliphatic rings. The maximum atomic E-state index is 11.2. The minimum Gasteiger partial charge on any atom is -0.473 e. The van der Waals surface area contributed by atoms with E-state index in [1.165, 1.54) is 6.33 Å². The van der Waals surface area contributed by atoms with Gasteiger partial charge >= 0.3 is 5.69 Å². The Morgan fingerprint density at radius 3 is 2.85 bits per heavy atom. The molecule has 2 heterocycles. The number of nitrogens with one attached hydrogen (secondary N) is 1. The molecule has 8 heteroatoms. The topological polar surface area (TPSA) is 103 Å². The zero-order valence-electron chi connectivity index (χ0n) is 11.0. The van der Waals surface area contributed by atoms with Gasteiger partial charge in [0.05, 0.1) is 11.5 Å².